The molecule has 0 N–H and O–H groups in total. The first kappa shape index (κ1) is 18.2. The molecular formula is C25H34. The highest BCUT2D eigenvalue weighted by Gasteiger charge is 2.19. The maximum Gasteiger partial charge on any atom is -0.0184 e. The van der Waals surface area contributed by atoms with Crippen LogP contribution in [0.25, 0.3) is 11.1 Å². The van der Waals surface area contributed by atoms with E-state index in [0.717, 1.165) is 11.8 Å². The average molecular weight is 335 g/mol. The number of aryl methyl sites for hydroxylation is 2. The zero-order chi connectivity index (χ0) is 17.5. The fourth-order valence-corrected chi connectivity index (χ4v) is 4.32. The van der Waals surface area contributed by atoms with E-state index in [4.69, 9.17) is 0 Å². The van der Waals surface area contributed by atoms with Crippen molar-refractivity contribution in [3.8, 4) is 11.1 Å². The minimum atomic E-state index is 0.966. The number of benzene rings is 2. The quantitative estimate of drug-likeness (QED) is 0.493. The van der Waals surface area contributed by atoms with Gasteiger partial charge in [-0.15, -0.1) is 0 Å². The summed E-state index contributed by atoms with van der Waals surface area (Å²) in [6.45, 7) is 4.59. The summed E-state index contributed by atoms with van der Waals surface area (Å²) in [5.41, 5.74) is 5.63. The lowest BCUT2D eigenvalue weighted by Gasteiger charge is -2.27. The Labute approximate surface area is 154 Å². The van der Waals surface area contributed by atoms with E-state index in [1.807, 2.05) is 0 Å². The van der Waals surface area contributed by atoms with Crippen LogP contribution in [0.3, 0.4) is 0 Å². The van der Waals surface area contributed by atoms with Crippen LogP contribution in [0.15, 0.2) is 48.5 Å². The van der Waals surface area contributed by atoms with Crippen LogP contribution in [-0.2, 0) is 12.8 Å². The third-order valence-corrected chi connectivity index (χ3v) is 6.16. The maximum absolute atomic E-state index is 2.35. The van der Waals surface area contributed by atoms with Crippen LogP contribution in [0.2, 0.25) is 0 Å². The Balaban J connectivity index is 1.52. The molecule has 0 atom stereocenters. The molecule has 0 saturated heterocycles. The summed E-state index contributed by atoms with van der Waals surface area (Å²) in [6.07, 6.45) is 12.3. The van der Waals surface area contributed by atoms with Gasteiger partial charge in [-0.3, -0.25) is 0 Å². The molecule has 0 spiro atoms. The van der Waals surface area contributed by atoms with Gasteiger partial charge in [0.1, 0.15) is 0 Å². The highest BCUT2D eigenvalue weighted by molar-refractivity contribution is 5.63. The number of hydrogen-bond donors (Lipinski definition) is 0. The Morgan fingerprint density at radius 2 is 1.12 bits per heavy atom. The minimum Gasteiger partial charge on any atom is -0.0651 e. The lowest BCUT2D eigenvalue weighted by atomic mass is 9.78. The van der Waals surface area contributed by atoms with Crippen LogP contribution in [0, 0.1) is 11.8 Å². The third-order valence-electron chi connectivity index (χ3n) is 6.16. The Kier molecular flexibility index (Phi) is 6.73. The van der Waals surface area contributed by atoms with Gasteiger partial charge in [-0.25, -0.2) is 0 Å². The van der Waals surface area contributed by atoms with Crippen molar-refractivity contribution in [2.45, 2.75) is 71.6 Å². The van der Waals surface area contributed by atoms with Gasteiger partial charge in [0.25, 0.3) is 0 Å². The van der Waals surface area contributed by atoms with Crippen molar-refractivity contribution >= 4 is 0 Å². The van der Waals surface area contributed by atoms with Crippen molar-refractivity contribution in [3.63, 3.8) is 0 Å². The maximum atomic E-state index is 2.35. The van der Waals surface area contributed by atoms with Crippen LogP contribution in [0.1, 0.15) is 69.9 Å². The van der Waals surface area contributed by atoms with Crippen LogP contribution in [-0.4, -0.2) is 0 Å². The van der Waals surface area contributed by atoms with Crippen LogP contribution >= 0.6 is 0 Å². The van der Waals surface area contributed by atoms with Gasteiger partial charge in [-0.05, 0) is 53.4 Å². The molecule has 0 aliphatic heterocycles. The van der Waals surface area contributed by atoms with Crippen molar-refractivity contribution in [3.05, 3.63) is 59.7 Å². The number of hydrogen-bond acceptors (Lipinski definition) is 0. The smallest absolute Gasteiger partial charge is 0.0184 e. The van der Waals surface area contributed by atoms with Gasteiger partial charge < -0.3 is 0 Å². The number of rotatable bonds is 7. The molecule has 1 saturated carbocycles. The summed E-state index contributed by atoms with van der Waals surface area (Å²) >= 11 is 0. The standard InChI is InChI=1S/C25H34/c1-3-5-21-12-16-24(17-13-21)25-18-14-23(15-19-25)11-10-22-8-6-20(4-2)7-9-22/h12-20,22H,3-11H2,1-2H3/t20-,22-. The summed E-state index contributed by atoms with van der Waals surface area (Å²) in [4.78, 5) is 0. The molecule has 0 radical (unpaired) electrons. The van der Waals surface area contributed by atoms with Gasteiger partial charge in [-0.1, -0.05) is 101 Å². The molecule has 2 aromatic rings. The SMILES string of the molecule is CCCc1ccc(-c2ccc(CC[C@H]3CC[C@H](CC)CC3)cc2)cc1. The lowest BCUT2D eigenvalue weighted by Crippen LogP contribution is -2.14. The molecular weight excluding hydrogens is 300 g/mol. The molecule has 1 aliphatic rings. The third kappa shape index (κ3) is 5.21. The van der Waals surface area contributed by atoms with E-state index in [1.54, 1.807) is 0 Å². The summed E-state index contributed by atoms with van der Waals surface area (Å²) in [5, 5.41) is 0. The molecule has 0 aromatic heterocycles. The normalized spacial score (nSPS) is 20.6. The second kappa shape index (κ2) is 9.22. The van der Waals surface area contributed by atoms with Crippen LogP contribution in [0.5, 0.6) is 0 Å². The molecule has 0 heteroatoms. The van der Waals surface area contributed by atoms with E-state index in [0.29, 0.717) is 0 Å². The summed E-state index contributed by atoms with van der Waals surface area (Å²) in [6, 6.07) is 18.4. The van der Waals surface area contributed by atoms with Gasteiger partial charge in [0, 0.05) is 0 Å². The molecule has 0 heterocycles. The Hall–Kier alpha value is -1.56. The summed E-state index contributed by atoms with van der Waals surface area (Å²) < 4.78 is 0. The summed E-state index contributed by atoms with van der Waals surface area (Å²) in [7, 11) is 0. The zero-order valence-electron chi connectivity index (χ0n) is 16.1. The Morgan fingerprint density at radius 3 is 1.60 bits per heavy atom. The van der Waals surface area contributed by atoms with E-state index in [9.17, 15) is 0 Å². The molecule has 0 unspecified atom stereocenters. The summed E-state index contributed by atoms with van der Waals surface area (Å²) in [5.74, 6) is 1.98. The van der Waals surface area contributed by atoms with E-state index in [-0.39, 0.29) is 0 Å². The first-order valence-electron chi connectivity index (χ1n) is 10.5. The van der Waals surface area contributed by atoms with E-state index < -0.39 is 0 Å². The first-order chi connectivity index (χ1) is 12.3. The van der Waals surface area contributed by atoms with Gasteiger partial charge in [-0.2, -0.15) is 0 Å². The van der Waals surface area contributed by atoms with Crippen molar-refractivity contribution in [2.24, 2.45) is 11.8 Å². The molecule has 25 heavy (non-hydrogen) atoms. The van der Waals surface area contributed by atoms with Crippen molar-refractivity contribution in [1.82, 2.24) is 0 Å². The van der Waals surface area contributed by atoms with Gasteiger partial charge in [0.05, 0.1) is 0 Å². The molecule has 2 aromatic carbocycles. The molecule has 0 nitrogen and oxygen atoms in total. The topological polar surface area (TPSA) is 0 Å². The predicted molar refractivity (Wildman–Crippen MR) is 110 cm³/mol. The molecule has 0 amide bonds. The van der Waals surface area contributed by atoms with Crippen LogP contribution in [0.4, 0.5) is 0 Å². The Morgan fingerprint density at radius 1 is 0.640 bits per heavy atom. The first-order valence-corrected chi connectivity index (χ1v) is 10.5. The van der Waals surface area contributed by atoms with Gasteiger partial charge >= 0.3 is 0 Å². The van der Waals surface area contributed by atoms with E-state index in [1.165, 1.54) is 80.0 Å². The molecule has 134 valence electrons. The molecule has 3 rings (SSSR count). The molecule has 1 fully saturated rings. The van der Waals surface area contributed by atoms with E-state index >= 15 is 0 Å². The lowest BCUT2D eigenvalue weighted by molar-refractivity contribution is 0.259. The fourth-order valence-electron chi connectivity index (χ4n) is 4.32. The zero-order valence-corrected chi connectivity index (χ0v) is 16.1. The van der Waals surface area contributed by atoms with Gasteiger partial charge in [0.2, 0.25) is 0 Å². The fraction of sp³-hybridized carbons (Fsp3) is 0.520. The van der Waals surface area contributed by atoms with Crippen molar-refractivity contribution in [2.75, 3.05) is 0 Å². The minimum absolute atomic E-state index is 0.966. The monoisotopic (exact) mass is 334 g/mol. The van der Waals surface area contributed by atoms with E-state index in [2.05, 4.69) is 62.4 Å². The van der Waals surface area contributed by atoms with Crippen molar-refractivity contribution < 1.29 is 0 Å². The largest absolute Gasteiger partial charge is 0.0651 e. The average Bonchev–Trinajstić information content (AvgIpc) is 2.68. The molecule has 0 bridgehead atoms. The van der Waals surface area contributed by atoms with Crippen LogP contribution < -0.4 is 0 Å². The van der Waals surface area contributed by atoms with Crippen molar-refractivity contribution in [1.29, 1.82) is 0 Å². The second-order valence-corrected chi connectivity index (χ2v) is 7.98. The highest BCUT2D eigenvalue weighted by Crippen LogP contribution is 2.33. The second-order valence-electron chi connectivity index (χ2n) is 7.98. The highest BCUT2D eigenvalue weighted by atomic mass is 14.2. The van der Waals surface area contributed by atoms with Gasteiger partial charge in [0.15, 0.2) is 0 Å². The predicted octanol–water partition coefficient (Wildman–Crippen LogP) is 7.46. The molecule has 1 aliphatic carbocycles. The Bertz CT molecular complexity index is 612.